The zero-order valence-electron chi connectivity index (χ0n) is 7.57. The zero-order chi connectivity index (χ0) is 11.0. The number of phenolic OH excluding ortho intramolecular Hbond substituents is 1. The highest BCUT2D eigenvalue weighted by molar-refractivity contribution is 5.96. The summed E-state index contributed by atoms with van der Waals surface area (Å²) < 4.78 is 13.4. The molecule has 0 heterocycles. The quantitative estimate of drug-likeness (QED) is 0.753. The lowest BCUT2D eigenvalue weighted by Gasteiger charge is -2.03. The first-order chi connectivity index (χ1) is 7.09. The number of hydrogen-bond donors (Lipinski definition) is 2. The fraction of sp³-hybridized carbons (Fsp3) is 0. The van der Waals surface area contributed by atoms with Crippen molar-refractivity contribution in [2.75, 3.05) is 0 Å². The van der Waals surface area contributed by atoms with Crippen LogP contribution in [0.3, 0.4) is 0 Å². The van der Waals surface area contributed by atoms with Crippen molar-refractivity contribution in [2.24, 2.45) is 0 Å². The van der Waals surface area contributed by atoms with Crippen molar-refractivity contribution in [1.29, 1.82) is 0 Å². The monoisotopic (exact) mass is 206 g/mol. The topological polar surface area (TPSA) is 57.5 Å². The largest absolute Gasteiger partial charge is 0.507 e. The summed E-state index contributed by atoms with van der Waals surface area (Å²) in [5.74, 6) is -2.01. The molecule has 0 aromatic heterocycles. The van der Waals surface area contributed by atoms with E-state index >= 15 is 0 Å². The summed E-state index contributed by atoms with van der Waals surface area (Å²) in [6.07, 6.45) is 0. The van der Waals surface area contributed by atoms with Crippen LogP contribution in [0.25, 0.3) is 10.8 Å². The number of carboxylic acids is 1. The molecule has 76 valence electrons. The Kier molecular flexibility index (Phi) is 2.04. The molecule has 0 spiro atoms. The number of benzene rings is 2. The van der Waals surface area contributed by atoms with Crippen LogP contribution in [-0.4, -0.2) is 16.2 Å². The van der Waals surface area contributed by atoms with Crippen molar-refractivity contribution in [3.8, 4) is 5.75 Å². The van der Waals surface area contributed by atoms with E-state index in [0.717, 1.165) is 6.07 Å². The molecule has 0 amide bonds. The predicted octanol–water partition coefficient (Wildman–Crippen LogP) is 2.38. The molecule has 2 rings (SSSR count). The van der Waals surface area contributed by atoms with Gasteiger partial charge in [-0.3, -0.25) is 0 Å². The minimum atomic E-state index is -1.22. The molecule has 0 atom stereocenters. The van der Waals surface area contributed by atoms with Gasteiger partial charge in [-0.15, -0.1) is 0 Å². The molecule has 0 aliphatic heterocycles. The van der Waals surface area contributed by atoms with E-state index < -0.39 is 11.8 Å². The van der Waals surface area contributed by atoms with Gasteiger partial charge in [0.05, 0.1) is 5.56 Å². The number of fused-ring (bicyclic) bond motifs is 1. The van der Waals surface area contributed by atoms with Crippen LogP contribution in [0.15, 0.2) is 30.3 Å². The predicted molar refractivity (Wildman–Crippen MR) is 52.5 cm³/mol. The number of halogens is 1. The van der Waals surface area contributed by atoms with Gasteiger partial charge in [-0.05, 0) is 18.2 Å². The average Bonchev–Trinajstić information content (AvgIpc) is 2.19. The van der Waals surface area contributed by atoms with E-state index in [9.17, 15) is 14.3 Å². The van der Waals surface area contributed by atoms with E-state index in [0.29, 0.717) is 0 Å². The number of aromatic hydroxyl groups is 1. The highest BCUT2D eigenvalue weighted by Gasteiger charge is 2.10. The number of rotatable bonds is 1. The van der Waals surface area contributed by atoms with Gasteiger partial charge in [0.15, 0.2) is 0 Å². The summed E-state index contributed by atoms with van der Waals surface area (Å²) in [5.41, 5.74) is -0.179. The van der Waals surface area contributed by atoms with Gasteiger partial charge in [-0.1, -0.05) is 12.1 Å². The van der Waals surface area contributed by atoms with Crippen molar-refractivity contribution in [1.82, 2.24) is 0 Å². The molecule has 0 unspecified atom stereocenters. The Bertz CT molecular complexity index is 549. The third kappa shape index (κ3) is 1.50. The summed E-state index contributed by atoms with van der Waals surface area (Å²) in [6, 6.07) is 6.55. The first-order valence-corrected chi connectivity index (χ1v) is 4.24. The fourth-order valence-electron chi connectivity index (χ4n) is 1.45. The third-order valence-corrected chi connectivity index (χ3v) is 2.17. The summed E-state index contributed by atoms with van der Waals surface area (Å²) >= 11 is 0. The van der Waals surface area contributed by atoms with Crippen LogP contribution in [-0.2, 0) is 0 Å². The van der Waals surface area contributed by atoms with Crippen molar-refractivity contribution < 1.29 is 19.4 Å². The molecule has 4 heteroatoms. The van der Waals surface area contributed by atoms with Gasteiger partial charge >= 0.3 is 5.97 Å². The number of carboxylic acid groups (broad SMARTS) is 1. The number of carbonyl (C=O) groups is 1. The number of aromatic carboxylic acids is 1. The van der Waals surface area contributed by atoms with E-state index in [1.54, 1.807) is 0 Å². The Morgan fingerprint density at radius 3 is 2.60 bits per heavy atom. The van der Waals surface area contributed by atoms with Crippen LogP contribution in [0.2, 0.25) is 0 Å². The van der Waals surface area contributed by atoms with Crippen LogP contribution in [0, 0.1) is 5.82 Å². The first-order valence-electron chi connectivity index (χ1n) is 4.24. The van der Waals surface area contributed by atoms with Gasteiger partial charge in [-0.2, -0.15) is 0 Å². The van der Waals surface area contributed by atoms with Crippen LogP contribution in [0.1, 0.15) is 10.4 Å². The standard InChI is InChI=1S/C11H7FO3/c12-9-5-6(11(14)15)4-8-7(9)2-1-3-10(8)13/h1-5,13H,(H,14,15). The van der Waals surface area contributed by atoms with Crippen LogP contribution >= 0.6 is 0 Å². The maximum Gasteiger partial charge on any atom is 0.335 e. The Labute approximate surface area is 84.4 Å². The SMILES string of the molecule is O=C(O)c1cc(F)c2cccc(O)c2c1. The summed E-state index contributed by atoms with van der Waals surface area (Å²) in [6.45, 7) is 0. The van der Waals surface area contributed by atoms with Crippen molar-refractivity contribution in [2.45, 2.75) is 0 Å². The highest BCUT2D eigenvalue weighted by Crippen LogP contribution is 2.27. The molecule has 3 nitrogen and oxygen atoms in total. The molecule has 0 aliphatic rings. The minimum absolute atomic E-state index is 0.130. The molecule has 0 aliphatic carbocycles. The smallest absolute Gasteiger partial charge is 0.335 e. The first kappa shape index (κ1) is 9.45. The maximum atomic E-state index is 13.4. The number of phenols is 1. The maximum absolute atomic E-state index is 13.4. The van der Waals surface area contributed by atoms with Gasteiger partial charge < -0.3 is 10.2 Å². The van der Waals surface area contributed by atoms with Gasteiger partial charge in [-0.25, -0.2) is 9.18 Å². The highest BCUT2D eigenvalue weighted by atomic mass is 19.1. The van der Waals surface area contributed by atoms with Crippen molar-refractivity contribution >= 4 is 16.7 Å². The van der Waals surface area contributed by atoms with E-state index in [1.807, 2.05) is 0 Å². The van der Waals surface area contributed by atoms with Crippen LogP contribution < -0.4 is 0 Å². The molecule has 2 aromatic carbocycles. The van der Waals surface area contributed by atoms with Gasteiger partial charge in [0.25, 0.3) is 0 Å². The van der Waals surface area contributed by atoms with E-state index in [1.165, 1.54) is 24.3 Å². The molecule has 0 bridgehead atoms. The van der Waals surface area contributed by atoms with Gasteiger partial charge in [0.1, 0.15) is 11.6 Å². The molecule has 15 heavy (non-hydrogen) atoms. The summed E-state index contributed by atoms with van der Waals surface area (Å²) in [5, 5.41) is 18.6. The molecule has 0 fully saturated rings. The van der Waals surface area contributed by atoms with Crippen molar-refractivity contribution in [3.05, 3.63) is 41.7 Å². The lowest BCUT2D eigenvalue weighted by Crippen LogP contribution is -1.97. The summed E-state index contributed by atoms with van der Waals surface area (Å²) in [7, 11) is 0. The molecular formula is C11H7FO3. The molecule has 2 N–H and O–H groups in total. The minimum Gasteiger partial charge on any atom is -0.507 e. The number of hydrogen-bond acceptors (Lipinski definition) is 2. The Morgan fingerprint density at radius 2 is 1.93 bits per heavy atom. The van der Waals surface area contributed by atoms with E-state index in [-0.39, 0.29) is 22.1 Å². The van der Waals surface area contributed by atoms with E-state index in [2.05, 4.69) is 0 Å². The molecule has 0 radical (unpaired) electrons. The fourth-order valence-corrected chi connectivity index (χ4v) is 1.45. The Balaban J connectivity index is 2.85. The lowest BCUT2D eigenvalue weighted by molar-refractivity contribution is 0.0696. The average molecular weight is 206 g/mol. The lowest BCUT2D eigenvalue weighted by atomic mass is 10.1. The second kappa shape index (κ2) is 3.24. The molecule has 0 saturated heterocycles. The molecule has 0 saturated carbocycles. The second-order valence-corrected chi connectivity index (χ2v) is 3.14. The third-order valence-electron chi connectivity index (χ3n) is 2.17. The van der Waals surface area contributed by atoms with Crippen LogP contribution in [0.5, 0.6) is 5.75 Å². The molecule has 2 aromatic rings. The van der Waals surface area contributed by atoms with Crippen LogP contribution in [0.4, 0.5) is 4.39 Å². The molecular weight excluding hydrogens is 199 g/mol. The van der Waals surface area contributed by atoms with E-state index in [4.69, 9.17) is 5.11 Å². The van der Waals surface area contributed by atoms with Gasteiger partial charge in [0, 0.05) is 10.8 Å². The van der Waals surface area contributed by atoms with Gasteiger partial charge in [0.2, 0.25) is 0 Å². The zero-order valence-corrected chi connectivity index (χ0v) is 7.57. The Hall–Kier alpha value is -2.10. The normalized spacial score (nSPS) is 10.5. The Morgan fingerprint density at radius 1 is 1.20 bits per heavy atom. The van der Waals surface area contributed by atoms with Crippen molar-refractivity contribution in [3.63, 3.8) is 0 Å². The second-order valence-electron chi connectivity index (χ2n) is 3.14. The summed E-state index contributed by atoms with van der Waals surface area (Å²) in [4.78, 5) is 10.7.